The molecule has 2 rings (SSSR count). The first kappa shape index (κ1) is 12.5. The number of halogens is 1. The van der Waals surface area contributed by atoms with Crippen molar-refractivity contribution >= 4 is 17.4 Å². The van der Waals surface area contributed by atoms with E-state index in [1.807, 2.05) is 12.1 Å². The number of alkyl halides is 1. The molecule has 0 aromatic carbocycles. The summed E-state index contributed by atoms with van der Waals surface area (Å²) in [5.74, 6) is 1.75. The van der Waals surface area contributed by atoms with Crippen molar-refractivity contribution in [2.45, 2.75) is 37.1 Å². The summed E-state index contributed by atoms with van der Waals surface area (Å²) in [4.78, 5) is 6.59. The smallest absolute Gasteiger partial charge is 0.137 e. The molecule has 1 aromatic heterocycles. The van der Waals surface area contributed by atoms with Crippen molar-refractivity contribution in [1.82, 2.24) is 4.98 Å². The molecule has 1 aromatic rings. The van der Waals surface area contributed by atoms with E-state index >= 15 is 0 Å². The highest BCUT2D eigenvalue weighted by Crippen LogP contribution is 2.29. The van der Waals surface area contributed by atoms with Gasteiger partial charge in [0.2, 0.25) is 0 Å². The average molecular weight is 255 g/mol. The minimum absolute atomic E-state index is 0.234. The maximum Gasteiger partial charge on any atom is 0.137 e. The molecule has 1 heterocycles. The zero-order valence-electron chi connectivity index (χ0n) is 10.4. The molecule has 0 spiro atoms. The molecule has 0 saturated heterocycles. The summed E-state index contributed by atoms with van der Waals surface area (Å²) < 4.78 is 5.11. The lowest BCUT2D eigenvalue weighted by atomic mass is 9.94. The number of hydrogen-bond donors (Lipinski definition) is 0. The number of rotatable bonds is 3. The summed E-state index contributed by atoms with van der Waals surface area (Å²) >= 11 is 6.39. The van der Waals surface area contributed by atoms with Gasteiger partial charge in [-0.2, -0.15) is 0 Å². The Balaban J connectivity index is 2.09. The van der Waals surface area contributed by atoms with Crippen LogP contribution < -0.4 is 9.64 Å². The highest BCUT2D eigenvalue weighted by Gasteiger charge is 2.27. The zero-order chi connectivity index (χ0) is 12.3. The molecule has 1 fully saturated rings. The summed E-state index contributed by atoms with van der Waals surface area (Å²) in [5, 5.41) is 0.234. The van der Waals surface area contributed by atoms with E-state index in [4.69, 9.17) is 16.3 Å². The first-order chi connectivity index (χ1) is 8.22. The number of nitrogens with zero attached hydrogens (tertiary/aromatic N) is 2. The van der Waals surface area contributed by atoms with Crippen LogP contribution in [0.2, 0.25) is 0 Å². The minimum Gasteiger partial charge on any atom is -0.495 e. The molecule has 0 N–H and O–H groups in total. The summed E-state index contributed by atoms with van der Waals surface area (Å²) in [7, 11) is 3.72. The summed E-state index contributed by atoms with van der Waals surface area (Å²) in [6.07, 6.45) is 6.51. The molecule has 0 amide bonds. The Morgan fingerprint density at radius 3 is 2.71 bits per heavy atom. The second-order valence-electron chi connectivity index (χ2n) is 4.53. The molecule has 0 aliphatic heterocycles. The molecule has 4 heteroatoms. The number of methoxy groups -OCH3 is 1. The van der Waals surface area contributed by atoms with E-state index in [1.54, 1.807) is 13.3 Å². The topological polar surface area (TPSA) is 25.4 Å². The zero-order valence-corrected chi connectivity index (χ0v) is 11.2. The third kappa shape index (κ3) is 2.83. The van der Waals surface area contributed by atoms with Crippen LogP contribution in [-0.4, -0.2) is 30.6 Å². The molecule has 2 atom stereocenters. The molecule has 17 heavy (non-hydrogen) atoms. The van der Waals surface area contributed by atoms with E-state index in [0.29, 0.717) is 6.04 Å². The lowest BCUT2D eigenvalue weighted by molar-refractivity contribution is 0.411. The van der Waals surface area contributed by atoms with Gasteiger partial charge in [-0.25, -0.2) is 4.98 Å². The SMILES string of the molecule is COc1ccc(N(C)C2CCCCC2Cl)nc1. The Kier molecular flexibility index (Phi) is 4.11. The second kappa shape index (κ2) is 5.58. The predicted octanol–water partition coefficient (Wildman–Crippen LogP) is 3.08. The van der Waals surface area contributed by atoms with Gasteiger partial charge in [-0.15, -0.1) is 11.6 Å². The molecule has 1 saturated carbocycles. The van der Waals surface area contributed by atoms with Crippen molar-refractivity contribution in [2.24, 2.45) is 0 Å². The molecule has 1 aliphatic carbocycles. The van der Waals surface area contributed by atoms with Gasteiger partial charge in [0.1, 0.15) is 11.6 Å². The van der Waals surface area contributed by atoms with Gasteiger partial charge in [0.15, 0.2) is 0 Å². The molecular weight excluding hydrogens is 236 g/mol. The number of aromatic nitrogens is 1. The standard InChI is InChI=1S/C13H19ClN2O/c1-16(12-6-4-3-5-11(12)14)13-8-7-10(17-2)9-15-13/h7-9,11-12H,3-6H2,1-2H3. The first-order valence-electron chi connectivity index (χ1n) is 6.09. The lowest BCUT2D eigenvalue weighted by Crippen LogP contribution is -2.41. The quantitative estimate of drug-likeness (QED) is 0.776. The fourth-order valence-electron chi connectivity index (χ4n) is 2.37. The van der Waals surface area contributed by atoms with Crippen LogP contribution in [0.3, 0.4) is 0 Å². The van der Waals surface area contributed by atoms with Crippen molar-refractivity contribution < 1.29 is 4.74 Å². The fraction of sp³-hybridized carbons (Fsp3) is 0.615. The van der Waals surface area contributed by atoms with Crippen LogP contribution in [0.5, 0.6) is 5.75 Å². The number of anilines is 1. The Labute approximate surface area is 108 Å². The first-order valence-corrected chi connectivity index (χ1v) is 6.53. The lowest BCUT2D eigenvalue weighted by Gasteiger charge is -2.35. The molecule has 0 radical (unpaired) electrons. The van der Waals surface area contributed by atoms with Crippen LogP contribution in [-0.2, 0) is 0 Å². The third-order valence-electron chi connectivity index (χ3n) is 3.46. The van der Waals surface area contributed by atoms with E-state index in [0.717, 1.165) is 24.4 Å². The van der Waals surface area contributed by atoms with Gasteiger partial charge in [-0.1, -0.05) is 12.8 Å². The van der Waals surface area contributed by atoms with Gasteiger partial charge in [0.25, 0.3) is 0 Å². The van der Waals surface area contributed by atoms with Gasteiger partial charge in [-0.05, 0) is 25.0 Å². The second-order valence-corrected chi connectivity index (χ2v) is 5.10. The molecular formula is C13H19ClN2O. The van der Waals surface area contributed by atoms with E-state index < -0.39 is 0 Å². The average Bonchev–Trinajstić information content (AvgIpc) is 2.39. The van der Waals surface area contributed by atoms with Crippen molar-refractivity contribution in [1.29, 1.82) is 0 Å². The Morgan fingerprint density at radius 1 is 1.35 bits per heavy atom. The highest BCUT2D eigenvalue weighted by atomic mass is 35.5. The predicted molar refractivity (Wildman–Crippen MR) is 71.1 cm³/mol. The Morgan fingerprint density at radius 2 is 2.12 bits per heavy atom. The fourth-order valence-corrected chi connectivity index (χ4v) is 2.82. The van der Waals surface area contributed by atoms with Crippen molar-refractivity contribution in [3.8, 4) is 5.75 Å². The van der Waals surface area contributed by atoms with Gasteiger partial charge in [0.05, 0.1) is 18.7 Å². The van der Waals surface area contributed by atoms with Crippen LogP contribution in [0.1, 0.15) is 25.7 Å². The monoisotopic (exact) mass is 254 g/mol. The maximum atomic E-state index is 6.39. The van der Waals surface area contributed by atoms with E-state index in [1.165, 1.54) is 12.8 Å². The molecule has 2 unspecified atom stereocenters. The van der Waals surface area contributed by atoms with Gasteiger partial charge >= 0.3 is 0 Å². The molecule has 0 bridgehead atoms. The van der Waals surface area contributed by atoms with E-state index in [2.05, 4.69) is 16.9 Å². The van der Waals surface area contributed by atoms with E-state index in [9.17, 15) is 0 Å². The Bertz CT molecular complexity index is 355. The maximum absolute atomic E-state index is 6.39. The summed E-state index contributed by atoms with van der Waals surface area (Å²) in [5.41, 5.74) is 0. The highest BCUT2D eigenvalue weighted by molar-refractivity contribution is 6.21. The van der Waals surface area contributed by atoms with Crippen LogP contribution in [0, 0.1) is 0 Å². The van der Waals surface area contributed by atoms with Crippen molar-refractivity contribution in [3.05, 3.63) is 18.3 Å². The summed E-state index contributed by atoms with van der Waals surface area (Å²) in [6, 6.07) is 4.31. The molecule has 1 aliphatic rings. The minimum atomic E-state index is 0.234. The summed E-state index contributed by atoms with van der Waals surface area (Å²) in [6.45, 7) is 0. The van der Waals surface area contributed by atoms with Crippen LogP contribution in [0.25, 0.3) is 0 Å². The van der Waals surface area contributed by atoms with Crippen molar-refractivity contribution in [2.75, 3.05) is 19.1 Å². The molecule has 94 valence electrons. The van der Waals surface area contributed by atoms with Gasteiger partial charge in [-0.3, -0.25) is 0 Å². The largest absolute Gasteiger partial charge is 0.495 e. The van der Waals surface area contributed by atoms with Crippen LogP contribution >= 0.6 is 11.6 Å². The number of pyridine rings is 1. The van der Waals surface area contributed by atoms with Crippen molar-refractivity contribution in [3.63, 3.8) is 0 Å². The van der Waals surface area contributed by atoms with Gasteiger partial charge < -0.3 is 9.64 Å². The van der Waals surface area contributed by atoms with E-state index in [-0.39, 0.29) is 5.38 Å². The molecule has 3 nitrogen and oxygen atoms in total. The van der Waals surface area contributed by atoms with Gasteiger partial charge in [0, 0.05) is 13.1 Å². The third-order valence-corrected chi connectivity index (χ3v) is 3.97. The number of ether oxygens (including phenoxy) is 1. The normalized spacial score (nSPS) is 24.4. The Hall–Kier alpha value is -0.960. The number of hydrogen-bond acceptors (Lipinski definition) is 3. The van der Waals surface area contributed by atoms with Crippen LogP contribution in [0.15, 0.2) is 18.3 Å². The van der Waals surface area contributed by atoms with Crippen LogP contribution in [0.4, 0.5) is 5.82 Å².